The topological polar surface area (TPSA) is 18.5 Å². The molecule has 21 heavy (non-hydrogen) atoms. The fourth-order valence-electron chi connectivity index (χ4n) is 3.25. The number of nitrogens with one attached hydrogen (secondary N) is 1. The summed E-state index contributed by atoms with van der Waals surface area (Å²) in [7, 11) is 2.08. The second-order valence-corrected chi connectivity index (χ2v) is 6.34. The van der Waals surface area contributed by atoms with Crippen molar-refractivity contribution < 1.29 is 0 Å². The molecule has 1 heterocycles. The molecule has 1 aromatic carbocycles. The molecule has 3 heteroatoms. The first-order valence-electron chi connectivity index (χ1n) is 8.33. The summed E-state index contributed by atoms with van der Waals surface area (Å²) < 4.78 is 0. The fraction of sp³-hybridized carbons (Fsp3) is 0.667. The third-order valence-electron chi connectivity index (χ3n) is 4.60. The van der Waals surface area contributed by atoms with Gasteiger partial charge in [-0.3, -0.25) is 4.90 Å². The van der Waals surface area contributed by atoms with Crippen LogP contribution >= 0.6 is 0 Å². The average Bonchev–Trinajstić information content (AvgIpc) is 2.49. The lowest BCUT2D eigenvalue weighted by Gasteiger charge is -2.36. The number of likely N-dealkylation sites (N-methyl/N-ethyl adjacent to an activating group) is 1. The van der Waals surface area contributed by atoms with Gasteiger partial charge < -0.3 is 10.2 Å². The standard InChI is InChI=1S/C18H31N3/c1-5-8-20-9-11-21(12-10-20)14-18(19-4)17-13-15(2)6-7-16(17)3/h6-7,13,18-19H,5,8-12,14H2,1-4H3. The Labute approximate surface area is 130 Å². The third kappa shape index (κ3) is 4.53. The van der Waals surface area contributed by atoms with Crippen LogP contribution in [0, 0.1) is 13.8 Å². The Morgan fingerprint density at radius 2 is 1.76 bits per heavy atom. The van der Waals surface area contributed by atoms with E-state index in [1.54, 1.807) is 0 Å². The van der Waals surface area contributed by atoms with E-state index in [2.05, 4.69) is 61.1 Å². The van der Waals surface area contributed by atoms with Crippen LogP contribution in [-0.4, -0.2) is 56.1 Å². The molecular formula is C18H31N3. The summed E-state index contributed by atoms with van der Waals surface area (Å²) in [6.45, 7) is 13.9. The first-order valence-corrected chi connectivity index (χ1v) is 8.33. The van der Waals surface area contributed by atoms with E-state index in [4.69, 9.17) is 0 Å². The summed E-state index contributed by atoms with van der Waals surface area (Å²) in [4.78, 5) is 5.19. The van der Waals surface area contributed by atoms with Crippen molar-refractivity contribution in [2.24, 2.45) is 0 Å². The van der Waals surface area contributed by atoms with E-state index in [9.17, 15) is 0 Å². The number of piperazine rings is 1. The van der Waals surface area contributed by atoms with Gasteiger partial charge in [0, 0.05) is 38.8 Å². The molecular weight excluding hydrogens is 258 g/mol. The van der Waals surface area contributed by atoms with E-state index in [1.807, 2.05) is 0 Å². The van der Waals surface area contributed by atoms with Gasteiger partial charge in [0.25, 0.3) is 0 Å². The molecule has 1 atom stereocenters. The van der Waals surface area contributed by atoms with E-state index < -0.39 is 0 Å². The molecule has 1 saturated heterocycles. The minimum Gasteiger partial charge on any atom is -0.312 e. The molecule has 0 aliphatic carbocycles. The van der Waals surface area contributed by atoms with Crippen molar-refractivity contribution in [2.75, 3.05) is 46.3 Å². The van der Waals surface area contributed by atoms with Gasteiger partial charge in [-0.15, -0.1) is 0 Å². The van der Waals surface area contributed by atoms with Gasteiger partial charge in [-0.05, 0) is 45.0 Å². The Morgan fingerprint density at radius 3 is 2.38 bits per heavy atom. The van der Waals surface area contributed by atoms with Gasteiger partial charge in [-0.1, -0.05) is 30.7 Å². The SMILES string of the molecule is CCCN1CCN(CC(NC)c2cc(C)ccc2C)CC1. The maximum atomic E-state index is 3.51. The van der Waals surface area contributed by atoms with Crippen molar-refractivity contribution in [3.8, 4) is 0 Å². The van der Waals surface area contributed by atoms with Gasteiger partial charge in [-0.2, -0.15) is 0 Å². The number of rotatable bonds is 6. The predicted molar refractivity (Wildman–Crippen MR) is 90.9 cm³/mol. The van der Waals surface area contributed by atoms with Gasteiger partial charge in [0.2, 0.25) is 0 Å². The minimum atomic E-state index is 0.433. The van der Waals surface area contributed by atoms with Gasteiger partial charge in [0.1, 0.15) is 0 Å². The van der Waals surface area contributed by atoms with Crippen LogP contribution in [0.1, 0.15) is 36.1 Å². The highest BCUT2D eigenvalue weighted by Gasteiger charge is 2.20. The van der Waals surface area contributed by atoms with Crippen molar-refractivity contribution in [3.05, 3.63) is 34.9 Å². The summed E-state index contributed by atoms with van der Waals surface area (Å²) in [6, 6.07) is 7.22. The van der Waals surface area contributed by atoms with Crippen molar-refractivity contribution in [3.63, 3.8) is 0 Å². The van der Waals surface area contributed by atoms with Crippen LogP contribution in [0.5, 0.6) is 0 Å². The molecule has 1 unspecified atom stereocenters. The summed E-state index contributed by atoms with van der Waals surface area (Å²) in [5.41, 5.74) is 4.20. The van der Waals surface area contributed by atoms with Crippen LogP contribution < -0.4 is 5.32 Å². The summed E-state index contributed by atoms with van der Waals surface area (Å²) in [5.74, 6) is 0. The Bertz CT molecular complexity index is 436. The zero-order valence-corrected chi connectivity index (χ0v) is 14.2. The largest absolute Gasteiger partial charge is 0.312 e. The third-order valence-corrected chi connectivity index (χ3v) is 4.60. The first kappa shape index (κ1) is 16.5. The van der Waals surface area contributed by atoms with Crippen molar-refractivity contribution in [1.29, 1.82) is 0 Å². The molecule has 0 amide bonds. The number of aryl methyl sites for hydroxylation is 2. The molecule has 1 fully saturated rings. The van der Waals surface area contributed by atoms with Crippen LogP contribution in [0.3, 0.4) is 0 Å². The number of hydrogen-bond donors (Lipinski definition) is 1. The van der Waals surface area contributed by atoms with E-state index in [0.717, 1.165) is 6.54 Å². The Hall–Kier alpha value is -0.900. The molecule has 0 aromatic heterocycles. The number of hydrogen-bond acceptors (Lipinski definition) is 3. The summed E-state index contributed by atoms with van der Waals surface area (Å²) in [5, 5.41) is 3.51. The van der Waals surface area contributed by atoms with Gasteiger partial charge in [0.05, 0.1) is 0 Å². The van der Waals surface area contributed by atoms with Crippen molar-refractivity contribution in [2.45, 2.75) is 33.2 Å². The first-order chi connectivity index (χ1) is 10.1. The number of nitrogens with zero attached hydrogens (tertiary/aromatic N) is 2. The molecule has 1 N–H and O–H groups in total. The smallest absolute Gasteiger partial charge is 0.0449 e. The molecule has 1 aromatic rings. The molecule has 0 radical (unpaired) electrons. The molecule has 3 nitrogen and oxygen atoms in total. The van der Waals surface area contributed by atoms with Gasteiger partial charge >= 0.3 is 0 Å². The molecule has 0 saturated carbocycles. The van der Waals surface area contributed by atoms with Crippen LogP contribution in [-0.2, 0) is 0 Å². The average molecular weight is 289 g/mol. The zero-order chi connectivity index (χ0) is 15.2. The van der Waals surface area contributed by atoms with Crippen molar-refractivity contribution in [1.82, 2.24) is 15.1 Å². The summed E-state index contributed by atoms with van der Waals surface area (Å²) in [6.07, 6.45) is 1.27. The molecule has 0 bridgehead atoms. The normalized spacial score (nSPS) is 18.9. The molecule has 1 aliphatic rings. The lowest BCUT2D eigenvalue weighted by Crippen LogP contribution is -2.48. The zero-order valence-electron chi connectivity index (χ0n) is 14.2. The number of benzene rings is 1. The Morgan fingerprint density at radius 1 is 1.10 bits per heavy atom. The summed E-state index contributed by atoms with van der Waals surface area (Å²) >= 11 is 0. The Balaban J connectivity index is 1.95. The lowest BCUT2D eigenvalue weighted by atomic mass is 9.98. The second-order valence-electron chi connectivity index (χ2n) is 6.34. The molecule has 2 rings (SSSR count). The minimum absolute atomic E-state index is 0.433. The fourth-order valence-corrected chi connectivity index (χ4v) is 3.25. The molecule has 118 valence electrons. The molecule has 0 spiro atoms. The second kappa shape index (κ2) is 7.92. The highest BCUT2D eigenvalue weighted by Crippen LogP contribution is 2.20. The van der Waals surface area contributed by atoms with E-state index in [1.165, 1.54) is 55.8 Å². The Kier molecular flexibility index (Phi) is 6.22. The van der Waals surface area contributed by atoms with E-state index in [-0.39, 0.29) is 0 Å². The molecule has 1 aliphatic heterocycles. The highest BCUT2D eigenvalue weighted by molar-refractivity contribution is 5.33. The van der Waals surface area contributed by atoms with Crippen LogP contribution in [0.15, 0.2) is 18.2 Å². The quantitative estimate of drug-likeness (QED) is 0.868. The van der Waals surface area contributed by atoms with Gasteiger partial charge in [-0.25, -0.2) is 0 Å². The lowest BCUT2D eigenvalue weighted by molar-refractivity contribution is 0.124. The van der Waals surface area contributed by atoms with E-state index in [0.29, 0.717) is 6.04 Å². The van der Waals surface area contributed by atoms with Gasteiger partial charge in [0.15, 0.2) is 0 Å². The van der Waals surface area contributed by atoms with Crippen LogP contribution in [0.4, 0.5) is 0 Å². The van der Waals surface area contributed by atoms with E-state index >= 15 is 0 Å². The van der Waals surface area contributed by atoms with Crippen molar-refractivity contribution >= 4 is 0 Å². The van der Waals surface area contributed by atoms with Crippen LogP contribution in [0.2, 0.25) is 0 Å². The maximum absolute atomic E-state index is 3.51. The van der Waals surface area contributed by atoms with Crippen LogP contribution in [0.25, 0.3) is 0 Å². The monoisotopic (exact) mass is 289 g/mol. The predicted octanol–water partition coefficient (Wildman–Crippen LogP) is 2.59. The highest BCUT2D eigenvalue weighted by atomic mass is 15.3. The maximum Gasteiger partial charge on any atom is 0.0449 e.